The Morgan fingerprint density at radius 1 is 1.33 bits per heavy atom. The average molecular weight is 204 g/mol. The first-order chi connectivity index (χ1) is 7.31. The minimum atomic E-state index is 0.223. The van der Waals surface area contributed by atoms with Crippen LogP contribution in [0.5, 0.6) is 0 Å². The Bertz CT molecular complexity index is 316. The second-order valence-corrected chi connectivity index (χ2v) is 4.45. The second-order valence-electron chi connectivity index (χ2n) is 4.45. The molecule has 0 spiro atoms. The molecule has 1 unspecified atom stereocenters. The topological polar surface area (TPSA) is 38.0 Å². The standard InChI is InChI=1S/C13H20N2/c1-15-12-8-4-7-11(9-12)13(14)10-5-2-3-6-10/h4,7-10,13,15H,2-3,5-6,14H2,1H3. The van der Waals surface area contributed by atoms with Gasteiger partial charge in [0.05, 0.1) is 0 Å². The Morgan fingerprint density at radius 2 is 2.07 bits per heavy atom. The van der Waals surface area contributed by atoms with Gasteiger partial charge < -0.3 is 11.1 Å². The van der Waals surface area contributed by atoms with Gasteiger partial charge in [-0.15, -0.1) is 0 Å². The average Bonchev–Trinajstić information content (AvgIpc) is 2.81. The molecule has 15 heavy (non-hydrogen) atoms. The third kappa shape index (κ3) is 2.32. The van der Waals surface area contributed by atoms with Crippen LogP contribution in [0.25, 0.3) is 0 Å². The summed E-state index contributed by atoms with van der Waals surface area (Å²) >= 11 is 0. The van der Waals surface area contributed by atoms with Crippen molar-refractivity contribution in [3.05, 3.63) is 29.8 Å². The monoisotopic (exact) mass is 204 g/mol. The molecule has 1 aromatic rings. The fourth-order valence-corrected chi connectivity index (χ4v) is 2.49. The molecular formula is C13H20N2. The van der Waals surface area contributed by atoms with Crippen LogP contribution in [0.15, 0.2) is 24.3 Å². The largest absolute Gasteiger partial charge is 0.388 e. The van der Waals surface area contributed by atoms with Gasteiger partial charge in [-0.3, -0.25) is 0 Å². The molecule has 1 atom stereocenters. The van der Waals surface area contributed by atoms with E-state index in [1.54, 1.807) is 0 Å². The van der Waals surface area contributed by atoms with Crippen molar-refractivity contribution in [2.45, 2.75) is 31.7 Å². The highest BCUT2D eigenvalue weighted by molar-refractivity contribution is 5.45. The summed E-state index contributed by atoms with van der Waals surface area (Å²) in [5.41, 5.74) is 8.72. The highest BCUT2D eigenvalue weighted by atomic mass is 14.8. The molecule has 0 aliphatic heterocycles. The van der Waals surface area contributed by atoms with Gasteiger partial charge >= 0.3 is 0 Å². The number of nitrogens with one attached hydrogen (secondary N) is 1. The molecule has 3 N–H and O–H groups in total. The maximum Gasteiger partial charge on any atom is 0.0340 e. The lowest BCUT2D eigenvalue weighted by Crippen LogP contribution is -2.19. The molecular weight excluding hydrogens is 184 g/mol. The van der Waals surface area contributed by atoms with E-state index in [0.717, 1.165) is 5.69 Å². The Labute approximate surface area is 91.9 Å². The zero-order valence-electron chi connectivity index (χ0n) is 9.37. The minimum absolute atomic E-state index is 0.223. The predicted molar refractivity (Wildman–Crippen MR) is 64.9 cm³/mol. The highest BCUT2D eigenvalue weighted by Gasteiger charge is 2.23. The fraction of sp³-hybridized carbons (Fsp3) is 0.538. The van der Waals surface area contributed by atoms with Crippen LogP contribution in [0.1, 0.15) is 37.3 Å². The molecule has 0 bridgehead atoms. The summed E-state index contributed by atoms with van der Waals surface area (Å²) in [6, 6.07) is 8.69. The Morgan fingerprint density at radius 3 is 2.73 bits per heavy atom. The van der Waals surface area contributed by atoms with E-state index < -0.39 is 0 Å². The maximum absolute atomic E-state index is 6.30. The molecule has 2 rings (SSSR count). The summed E-state index contributed by atoms with van der Waals surface area (Å²) in [6.07, 6.45) is 5.30. The van der Waals surface area contributed by atoms with Gasteiger partial charge in [0.1, 0.15) is 0 Å². The zero-order valence-corrected chi connectivity index (χ0v) is 9.37. The molecule has 1 saturated carbocycles. The van der Waals surface area contributed by atoms with Crippen LogP contribution in [-0.4, -0.2) is 7.05 Å². The van der Waals surface area contributed by atoms with E-state index in [4.69, 9.17) is 5.73 Å². The molecule has 2 heteroatoms. The van der Waals surface area contributed by atoms with E-state index in [1.165, 1.54) is 31.2 Å². The number of rotatable bonds is 3. The van der Waals surface area contributed by atoms with Gasteiger partial charge in [0.25, 0.3) is 0 Å². The first-order valence-corrected chi connectivity index (χ1v) is 5.84. The first kappa shape index (κ1) is 10.5. The number of nitrogens with two attached hydrogens (primary N) is 1. The zero-order chi connectivity index (χ0) is 10.7. The van der Waals surface area contributed by atoms with E-state index in [0.29, 0.717) is 5.92 Å². The molecule has 1 aliphatic rings. The van der Waals surface area contributed by atoms with Crippen molar-refractivity contribution in [1.82, 2.24) is 0 Å². The Hall–Kier alpha value is -1.02. The van der Waals surface area contributed by atoms with Crippen molar-refractivity contribution < 1.29 is 0 Å². The van der Waals surface area contributed by atoms with Crippen LogP contribution in [0.2, 0.25) is 0 Å². The number of benzene rings is 1. The van der Waals surface area contributed by atoms with Gasteiger partial charge in [-0.2, -0.15) is 0 Å². The Kier molecular flexibility index (Phi) is 3.27. The van der Waals surface area contributed by atoms with Crippen LogP contribution in [0.3, 0.4) is 0 Å². The van der Waals surface area contributed by atoms with E-state index in [-0.39, 0.29) is 6.04 Å². The number of hydrogen-bond acceptors (Lipinski definition) is 2. The predicted octanol–water partition coefficient (Wildman–Crippen LogP) is 2.92. The molecule has 2 nitrogen and oxygen atoms in total. The van der Waals surface area contributed by atoms with Crippen LogP contribution >= 0.6 is 0 Å². The first-order valence-electron chi connectivity index (χ1n) is 5.84. The number of hydrogen-bond donors (Lipinski definition) is 2. The highest BCUT2D eigenvalue weighted by Crippen LogP contribution is 2.34. The summed E-state index contributed by atoms with van der Waals surface area (Å²) in [6.45, 7) is 0. The van der Waals surface area contributed by atoms with E-state index in [1.807, 2.05) is 7.05 Å². The fourth-order valence-electron chi connectivity index (χ4n) is 2.49. The molecule has 82 valence electrons. The van der Waals surface area contributed by atoms with Crippen molar-refractivity contribution >= 4 is 5.69 Å². The summed E-state index contributed by atoms with van der Waals surface area (Å²) < 4.78 is 0. The normalized spacial score (nSPS) is 19.1. The van der Waals surface area contributed by atoms with Gasteiger partial charge in [-0.05, 0) is 36.5 Å². The molecule has 1 aliphatic carbocycles. The van der Waals surface area contributed by atoms with Gasteiger partial charge in [-0.1, -0.05) is 25.0 Å². The van der Waals surface area contributed by atoms with Gasteiger partial charge in [0.2, 0.25) is 0 Å². The quantitative estimate of drug-likeness (QED) is 0.794. The van der Waals surface area contributed by atoms with E-state index >= 15 is 0 Å². The molecule has 0 aromatic heterocycles. The van der Waals surface area contributed by atoms with Crippen LogP contribution in [-0.2, 0) is 0 Å². The van der Waals surface area contributed by atoms with Gasteiger partial charge in [0.15, 0.2) is 0 Å². The minimum Gasteiger partial charge on any atom is -0.388 e. The third-order valence-corrected chi connectivity index (χ3v) is 3.47. The second kappa shape index (κ2) is 4.67. The van der Waals surface area contributed by atoms with Crippen LogP contribution < -0.4 is 11.1 Å². The van der Waals surface area contributed by atoms with Crippen molar-refractivity contribution in [1.29, 1.82) is 0 Å². The third-order valence-electron chi connectivity index (χ3n) is 3.47. The van der Waals surface area contributed by atoms with Gasteiger partial charge in [-0.25, -0.2) is 0 Å². The Balaban J connectivity index is 2.13. The van der Waals surface area contributed by atoms with Crippen molar-refractivity contribution in [2.75, 3.05) is 12.4 Å². The SMILES string of the molecule is CNc1cccc(C(N)C2CCCC2)c1. The number of anilines is 1. The smallest absolute Gasteiger partial charge is 0.0340 e. The van der Waals surface area contributed by atoms with Crippen LogP contribution in [0.4, 0.5) is 5.69 Å². The summed E-state index contributed by atoms with van der Waals surface area (Å²) in [5.74, 6) is 0.692. The molecule has 0 amide bonds. The molecule has 0 saturated heterocycles. The lowest BCUT2D eigenvalue weighted by molar-refractivity contribution is 0.445. The summed E-state index contributed by atoms with van der Waals surface area (Å²) in [4.78, 5) is 0. The molecule has 0 heterocycles. The molecule has 1 aromatic carbocycles. The lowest BCUT2D eigenvalue weighted by Gasteiger charge is -2.19. The maximum atomic E-state index is 6.30. The van der Waals surface area contributed by atoms with Crippen molar-refractivity contribution in [3.8, 4) is 0 Å². The molecule has 1 fully saturated rings. The lowest BCUT2D eigenvalue weighted by atomic mass is 9.92. The van der Waals surface area contributed by atoms with Crippen molar-refractivity contribution in [2.24, 2.45) is 11.7 Å². The van der Waals surface area contributed by atoms with Gasteiger partial charge in [0, 0.05) is 18.8 Å². The van der Waals surface area contributed by atoms with E-state index in [2.05, 4.69) is 29.6 Å². The van der Waals surface area contributed by atoms with Crippen LogP contribution in [0, 0.1) is 5.92 Å². The molecule has 0 radical (unpaired) electrons. The van der Waals surface area contributed by atoms with E-state index in [9.17, 15) is 0 Å². The summed E-state index contributed by atoms with van der Waals surface area (Å²) in [7, 11) is 1.94. The van der Waals surface area contributed by atoms with Crippen molar-refractivity contribution in [3.63, 3.8) is 0 Å². The summed E-state index contributed by atoms with van der Waals surface area (Å²) in [5, 5.41) is 3.16.